The molecule has 4 heteroatoms. The number of ether oxygens (including phenoxy) is 1. The normalized spacial score (nSPS) is 10.6. The number of hydrogen-bond donors (Lipinski definition) is 1. The van der Waals surface area contributed by atoms with E-state index >= 15 is 0 Å². The number of benzene rings is 1. The number of carbonyl (C=O) groups is 1. The van der Waals surface area contributed by atoms with E-state index < -0.39 is 0 Å². The lowest BCUT2D eigenvalue weighted by molar-refractivity contribution is 0.0493. The number of nitrogens with zero attached hydrogens (tertiary/aromatic N) is 1. The van der Waals surface area contributed by atoms with E-state index in [-0.39, 0.29) is 5.97 Å². The summed E-state index contributed by atoms with van der Waals surface area (Å²) in [7, 11) is 3.98. The lowest BCUT2D eigenvalue weighted by Crippen LogP contribution is -2.16. The first-order valence-corrected chi connectivity index (χ1v) is 5.68. The van der Waals surface area contributed by atoms with E-state index in [4.69, 9.17) is 10.5 Å². The third-order valence-electron chi connectivity index (χ3n) is 2.49. The molecule has 0 aliphatic heterocycles. The summed E-state index contributed by atoms with van der Waals surface area (Å²) in [4.78, 5) is 13.7. The summed E-state index contributed by atoms with van der Waals surface area (Å²) in [5.41, 5.74) is 7.83. The monoisotopic (exact) mass is 236 g/mol. The van der Waals surface area contributed by atoms with Gasteiger partial charge in [-0.25, -0.2) is 4.79 Å². The van der Waals surface area contributed by atoms with E-state index in [1.165, 1.54) is 0 Å². The van der Waals surface area contributed by atoms with Gasteiger partial charge < -0.3 is 15.4 Å². The molecule has 0 spiro atoms. The lowest BCUT2D eigenvalue weighted by Gasteiger charge is -2.10. The summed E-state index contributed by atoms with van der Waals surface area (Å²) >= 11 is 0. The Morgan fingerprint density at radius 1 is 1.41 bits per heavy atom. The third-order valence-corrected chi connectivity index (χ3v) is 2.49. The van der Waals surface area contributed by atoms with Crippen molar-refractivity contribution >= 4 is 11.7 Å². The molecule has 1 aromatic carbocycles. The van der Waals surface area contributed by atoms with Crippen molar-refractivity contribution in [1.29, 1.82) is 0 Å². The van der Waals surface area contributed by atoms with Crippen molar-refractivity contribution in [2.24, 2.45) is 0 Å². The van der Waals surface area contributed by atoms with Crippen LogP contribution < -0.4 is 5.73 Å². The highest BCUT2D eigenvalue weighted by Crippen LogP contribution is 2.13. The fourth-order valence-corrected chi connectivity index (χ4v) is 1.43. The predicted octanol–water partition coefficient (Wildman–Crippen LogP) is 1.69. The third kappa shape index (κ3) is 4.44. The van der Waals surface area contributed by atoms with Gasteiger partial charge in [0, 0.05) is 12.2 Å². The summed E-state index contributed by atoms with van der Waals surface area (Å²) in [6.45, 7) is 3.23. The Bertz CT molecular complexity index is 389. The summed E-state index contributed by atoms with van der Waals surface area (Å²) in [6, 6.07) is 5.17. The highest BCUT2D eigenvalue weighted by molar-refractivity contribution is 5.90. The Hall–Kier alpha value is -1.55. The minimum atomic E-state index is -0.285. The highest BCUT2D eigenvalue weighted by atomic mass is 16.5. The molecular weight excluding hydrogens is 216 g/mol. The van der Waals surface area contributed by atoms with E-state index in [1.807, 2.05) is 21.0 Å². The molecule has 0 radical (unpaired) electrons. The van der Waals surface area contributed by atoms with Crippen molar-refractivity contribution < 1.29 is 9.53 Å². The molecule has 17 heavy (non-hydrogen) atoms. The van der Waals surface area contributed by atoms with Crippen LogP contribution >= 0.6 is 0 Å². The van der Waals surface area contributed by atoms with Crippen LogP contribution in [0.25, 0.3) is 0 Å². The van der Waals surface area contributed by atoms with Crippen molar-refractivity contribution in [1.82, 2.24) is 4.90 Å². The zero-order valence-electron chi connectivity index (χ0n) is 10.7. The molecule has 1 aromatic rings. The van der Waals surface area contributed by atoms with Gasteiger partial charge in [-0.3, -0.25) is 0 Å². The van der Waals surface area contributed by atoms with Gasteiger partial charge in [-0.2, -0.15) is 0 Å². The highest BCUT2D eigenvalue weighted by Gasteiger charge is 2.07. The van der Waals surface area contributed by atoms with Gasteiger partial charge in [-0.1, -0.05) is 0 Å². The molecule has 1 rings (SSSR count). The maximum Gasteiger partial charge on any atom is 0.338 e. The SMILES string of the molecule is Cc1cc(C(=O)OCCCN(C)C)ccc1N. The molecule has 0 unspecified atom stereocenters. The second kappa shape index (κ2) is 6.25. The van der Waals surface area contributed by atoms with Crippen LogP contribution in [0, 0.1) is 6.92 Å². The summed E-state index contributed by atoms with van der Waals surface area (Å²) in [5, 5.41) is 0. The van der Waals surface area contributed by atoms with Gasteiger partial charge in [0.1, 0.15) is 0 Å². The first-order valence-electron chi connectivity index (χ1n) is 5.68. The van der Waals surface area contributed by atoms with Gasteiger partial charge in [0.2, 0.25) is 0 Å². The summed E-state index contributed by atoms with van der Waals surface area (Å²) in [5.74, 6) is -0.285. The van der Waals surface area contributed by atoms with Gasteiger partial charge in [0.25, 0.3) is 0 Å². The quantitative estimate of drug-likeness (QED) is 0.480. The van der Waals surface area contributed by atoms with Crippen molar-refractivity contribution in [3.8, 4) is 0 Å². The van der Waals surface area contributed by atoms with E-state index in [0.717, 1.165) is 18.5 Å². The fraction of sp³-hybridized carbons (Fsp3) is 0.462. The minimum Gasteiger partial charge on any atom is -0.462 e. The largest absolute Gasteiger partial charge is 0.462 e. The van der Waals surface area contributed by atoms with Crippen molar-refractivity contribution in [2.75, 3.05) is 33.0 Å². The molecule has 0 aliphatic carbocycles. The van der Waals surface area contributed by atoms with Crippen LogP contribution in [-0.4, -0.2) is 38.1 Å². The molecule has 0 aliphatic rings. The average Bonchev–Trinajstić information content (AvgIpc) is 2.27. The number of hydrogen-bond acceptors (Lipinski definition) is 4. The Morgan fingerprint density at radius 3 is 2.71 bits per heavy atom. The van der Waals surface area contributed by atoms with Crippen LogP contribution in [0.3, 0.4) is 0 Å². The second-order valence-electron chi connectivity index (χ2n) is 4.36. The Kier molecular flexibility index (Phi) is 4.97. The minimum absolute atomic E-state index is 0.285. The van der Waals surface area contributed by atoms with Crippen molar-refractivity contribution in [3.05, 3.63) is 29.3 Å². The zero-order valence-corrected chi connectivity index (χ0v) is 10.7. The van der Waals surface area contributed by atoms with Crippen LogP contribution in [0.5, 0.6) is 0 Å². The summed E-state index contributed by atoms with van der Waals surface area (Å²) in [6.07, 6.45) is 0.840. The van der Waals surface area contributed by atoms with Gasteiger partial charge in [0.05, 0.1) is 12.2 Å². The number of anilines is 1. The molecule has 0 aromatic heterocycles. The fourth-order valence-electron chi connectivity index (χ4n) is 1.43. The number of nitrogen functional groups attached to an aromatic ring is 1. The lowest BCUT2D eigenvalue weighted by atomic mass is 10.1. The number of esters is 1. The summed E-state index contributed by atoms with van der Waals surface area (Å²) < 4.78 is 5.17. The van der Waals surface area contributed by atoms with E-state index in [0.29, 0.717) is 17.9 Å². The molecule has 0 amide bonds. The molecule has 0 saturated carbocycles. The van der Waals surface area contributed by atoms with Crippen LogP contribution in [-0.2, 0) is 4.74 Å². The number of rotatable bonds is 5. The number of nitrogens with two attached hydrogens (primary N) is 1. The first kappa shape index (κ1) is 13.5. The van der Waals surface area contributed by atoms with Crippen molar-refractivity contribution in [2.45, 2.75) is 13.3 Å². The Morgan fingerprint density at radius 2 is 2.12 bits per heavy atom. The maximum atomic E-state index is 11.7. The van der Waals surface area contributed by atoms with E-state index in [1.54, 1.807) is 18.2 Å². The molecule has 0 saturated heterocycles. The van der Waals surface area contributed by atoms with E-state index in [2.05, 4.69) is 4.90 Å². The molecule has 0 heterocycles. The number of carbonyl (C=O) groups excluding carboxylic acids is 1. The van der Waals surface area contributed by atoms with Crippen molar-refractivity contribution in [3.63, 3.8) is 0 Å². The smallest absolute Gasteiger partial charge is 0.338 e. The predicted molar refractivity (Wildman–Crippen MR) is 69.0 cm³/mol. The zero-order chi connectivity index (χ0) is 12.8. The second-order valence-corrected chi connectivity index (χ2v) is 4.36. The molecule has 4 nitrogen and oxygen atoms in total. The van der Waals surface area contributed by atoms with Gasteiger partial charge in [-0.15, -0.1) is 0 Å². The first-order chi connectivity index (χ1) is 8.00. The van der Waals surface area contributed by atoms with Crippen LogP contribution in [0.4, 0.5) is 5.69 Å². The molecule has 0 atom stereocenters. The Labute approximate surface area is 102 Å². The molecule has 2 N–H and O–H groups in total. The Balaban J connectivity index is 2.44. The van der Waals surface area contributed by atoms with Gasteiger partial charge in [-0.05, 0) is 51.2 Å². The molecular formula is C13H20N2O2. The molecule has 0 fully saturated rings. The molecule has 94 valence electrons. The van der Waals surface area contributed by atoms with Crippen LogP contribution in [0.1, 0.15) is 22.3 Å². The average molecular weight is 236 g/mol. The standard InChI is InChI=1S/C13H20N2O2/c1-10-9-11(5-6-12(10)14)13(16)17-8-4-7-15(2)3/h5-6,9H,4,7-8,14H2,1-3H3. The molecule has 0 bridgehead atoms. The maximum absolute atomic E-state index is 11.7. The van der Waals surface area contributed by atoms with E-state index in [9.17, 15) is 4.79 Å². The topological polar surface area (TPSA) is 55.6 Å². The van der Waals surface area contributed by atoms with Gasteiger partial charge >= 0.3 is 5.97 Å². The number of aryl methyl sites for hydroxylation is 1. The van der Waals surface area contributed by atoms with Crippen LogP contribution in [0.15, 0.2) is 18.2 Å². The van der Waals surface area contributed by atoms with Gasteiger partial charge in [0.15, 0.2) is 0 Å². The van der Waals surface area contributed by atoms with Crippen LogP contribution in [0.2, 0.25) is 0 Å².